The standard InChI is InChI=1S/C26H39N3O4S/c1-6-20(5)24(27)26(31)28-16-19(4)15-21-11-10-14-23(25(21)30)29(17-18(2)3)34(32,33)22-12-8-7-9-13-22/h7-14,18-20,24,30H,6,15-17,27H2,1-5H3,(H,28,31)/t19?,20-,24+/m0/s1. The molecule has 3 atom stereocenters. The number of amides is 1. The van der Waals surface area contributed by atoms with Gasteiger partial charge in [0.05, 0.1) is 16.6 Å². The molecule has 0 spiro atoms. The SMILES string of the molecule is CC[C@H](C)[C@@H](N)C(=O)NCC(C)Cc1cccc(N(CC(C)C)S(=O)(=O)c2ccccc2)c1O. The monoisotopic (exact) mass is 489 g/mol. The van der Waals surface area contributed by atoms with E-state index in [1.165, 1.54) is 4.31 Å². The van der Waals surface area contributed by atoms with Crippen LogP contribution in [0.1, 0.15) is 46.6 Å². The molecule has 0 radical (unpaired) electrons. The average molecular weight is 490 g/mol. The lowest BCUT2D eigenvalue weighted by Crippen LogP contribution is -2.45. The average Bonchev–Trinajstić information content (AvgIpc) is 2.81. The van der Waals surface area contributed by atoms with Crippen LogP contribution in [0.3, 0.4) is 0 Å². The molecule has 2 aromatic carbocycles. The summed E-state index contributed by atoms with van der Waals surface area (Å²) in [6.45, 7) is 10.4. The zero-order chi connectivity index (χ0) is 25.5. The molecule has 0 saturated carbocycles. The second-order valence-electron chi connectivity index (χ2n) is 9.49. The number of nitrogens with two attached hydrogens (primary N) is 1. The molecule has 0 aliphatic heterocycles. The number of carbonyl (C=O) groups excluding carboxylic acids is 1. The van der Waals surface area contributed by atoms with E-state index >= 15 is 0 Å². The molecule has 4 N–H and O–H groups in total. The fraction of sp³-hybridized carbons (Fsp3) is 0.500. The van der Waals surface area contributed by atoms with Gasteiger partial charge in [-0.2, -0.15) is 0 Å². The van der Waals surface area contributed by atoms with E-state index in [4.69, 9.17) is 5.73 Å². The van der Waals surface area contributed by atoms with E-state index < -0.39 is 16.1 Å². The van der Waals surface area contributed by atoms with Crippen LogP contribution in [0.25, 0.3) is 0 Å². The third-order valence-corrected chi connectivity index (χ3v) is 7.78. The number of carbonyl (C=O) groups is 1. The maximum atomic E-state index is 13.4. The molecular formula is C26H39N3O4S. The van der Waals surface area contributed by atoms with Gasteiger partial charge >= 0.3 is 0 Å². The number of hydrogen-bond donors (Lipinski definition) is 3. The number of aromatic hydroxyl groups is 1. The normalized spacial score (nSPS) is 14.4. The van der Waals surface area contributed by atoms with Gasteiger partial charge in [-0.1, -0.05) is 71.4 Å². The highest BCUT2D eigenvalue weighted by atomic mass is 32.2. The van der Waals surface area contributed by atoms with Crippen LogP contribution in [0.5, 0.6) is 5.75 Å². The van der Waals surface area contributed by atoms with Crippen molar-refractivity contribution >= 4 is 21.6 Å². The molecule has 1 unspecified atom stereocenters. The van der Waals surface area contributed by atoms with Crippen LogP contribution in [0.15, 0.2) is 53.4 Å². The maximum absolute atomic E-state index is 13.4. The van der Waals surface area contributed by atoms with Crippen LogP contribution in [0, 0.1) is 17.8 Å². The van der Waals surface area contributed by atoms with E-state index in [2.05, 4.69) is 5.32 Å². The number of phenols is 1. The van der Waals surface area contributed by atoms with Crippen LogP contribution in [-0.4, -0.2) is 38.6 Å². The Morgan fingerprint density at radius 1 is 1.06 bits per heavy atom. The molecule has 34 heavy (non-hydrogen) atoms. The molecular weight excluding hydrogens is 450 g/mol. The number of anilines is 1. The highest BCUT2D eigenvalue weighted by molar-refractivity contribution is 7.92. The number of hydrogen-bond acceptors (Lipinski definition) is 5. The Bertz CT molecular complexity index is 1040. The summed E-state index contributed by atoms with van der Waals surface area (Å²) < 4.78 is 28.1. The van der Waals surface area contributed by atoms with Crippen molar-refractivity contribution in [3.05, 3.63) is 54.1 Å². The summed E-state index contributed by atoms with van der Waals surface area (Å²) in [5.41, 5.74) is 6.88. The fourth-order valence-corrected chi connectivity index (χ4v) is 5.33. The summed E-state index contributed by atoms with van der Waals surface area (Å²) in [4.78, 5) is 12.5. The highest BCUT2D eigenvalue weighted by Gasteiger charge is 2.28. The molecule has 0 aliphatic carbocycles. The first-order valence-corrected chi connectivity index (χ1v) is 13.3. The topological polar surface area (TPSA) is 113 Å². The quantitative estimate of drug-likeness (QED) is 0.418. The van der Waals surface area contributed by atoms with Gasteiger partial charge in [-0.25, -0.2) is 8.42 Å². The Balaban J connectivity index is 2.25. The third kappa shape index (κ3) is 6.96. The van der Waals surface area contributed by atoms with Crippen molar-refractivity contribution in [1.82, 2.24) is 5.32 Å². The smallest absolute Gasteiger partial charge is 0.264 e. The number of nitrogens with one attached hydrogen (secondary N) is 1. The van der Waals surface area contributed by atoms with Crippen molar-refractivity contribution in [2.45, 2.75) is 58.4 Å². The molecule has 2 rings (SSSR count). The predicted molar refractivity (Wildman–Crippen MR) is 137 cm³/mol. The van der Waals surface area contributed by atoms with Crippen LogP contribution in [-0.2, 0) is 21.2 Å². The van der Waals surface area contributed by atoms with Crippen molar-refractivity contribution < 1.29 is 18.3 Å². The second kappa shape index (κ2) is 12.2. The minimum atomic E-state index is -3.86. The van der Waals surface area contributed by atoms with E-state index in [1.54, 1.807) is 48.5 Å². The van der Waals surface area contributed by atoms with Gasteiger partial charge in [0.2, 0.25) is 5.91 Å². The van der Waals surface area contributed by atoms with E-state index in [1.807, 2.05) is 34.6 Å². The summed E-state index contributed by atoms with van der Waals surface area (Å²) >= 11 is 0. The third-order valence-electron chi connectivity index (χ3n) is 5.98. The Kier molecular flexibility index (Phi) is 9.94. The van der Waals surface area contributed by atoms with E-state index in [0.29, 0.717) is 18.5 Å². The molecule has 0 fully saturated rings. The zero-order valence-corrected chi connectivity index (χ0v) is 21.7. The first-order valence-electron chi connectivity index (χ1n) is 11.9. The number of nitrogens with zero attached hydrogens (tertiary/aromatic N) is 1. The predicted octanol–water partition coefficient (Wildman–Crippen LogP) is 3.91. The Morgan fingerprint density at radius 3 is 2.29 bits per heavy atom. The van der Waals surface area contributed by atoms with E-state index in [-0.39, 0.29) is 46.5 Å². The number of phenolic OH excluding ortho intramolecular Hbond substituents is 1. The van der Waals surface area contributed by atoms with Crippen molar-refractivity contribution in [2.24, 2.45) is 23.5 Å². The molecule has 0 aromatic heterocycles. The van der Waals surface area contributed by atoms with Crippen LogP contribution >= 0.6 is 0 Å². The molecule has 0 heterocycles. The molecule has 8 heteroatoms. The summed E-state index contributed by atoms with van der Waals surface area (Å²) in [7, 11) is -3.86. The van der Waals surface area contributed by atoms with Gasteiger partial charge in [-0.05, 0) is 47.9 Å². The van der Waals surface area contributed by atoms with Gasteiger partial charge in [0.15, 0.2) is 0 Å². The molecule has 2 aromatic rings. The summed E-state index contributed by atoms with van der Waals surface area (Å²) in [6.07, 6.45) is 1.29. The number of rotatable bonds is 12. The van der Waals surface area contributed by atoms with Crippen LogP contribution in [0.4, 0.5) is 5.69 Å². The van der Waals surface area contributed by atoms with Gasteiger partial charge in [0.25, 0.3) is 10.0 Å². The minimum Gasteiger partial charge on any atom is -0.505 e. The molecule has 0 aliphatic rings. The Hall–Kier alpha value is -2.58. The first-order chi connectivity index (χ1) is 16.0. The highest BCUT2D eigenvalue weighted by Crippen LogP contribution is 2.36. The fourth-order valence-electron chi connectivity index (χ4n) is 3.67. The minimum absolute atomic E-state index is 0.0125. The van der Waals surface area contributed by atoms with Gasteiger partial charge in [0, 0.05) is 13.1 Å². The van der Waals surface area contributed by atoms with Gasteiger partial charge in [-0.3, -0.25) is 9.10 Å². The number of sulfonamides is 1. The Morgan fingerprint density at radius 2 is 1.71 bits per heavy atom. The van der Waals surface area contributed by atoms with Crippen LogP contribution < -0.4 is 15.4 Å². The number of benzene rings is 2. The lowest BCUT2D eigenvalue weighted by atomic mass is 9.97. The molecule has 0 saturated heterocycles. The van der Waals surface area contributed by atoms with Crippen molar-refractivity contribution in [2.75, 3.05) is 17.4 Å². The van der Waals surface area contributed by atoms with Crippen molar-refractivity contribution in [3.8, 4) is 5.75 Å². The van der Waals surface area contributed by atoms with Gasteiger partial charge in [-0.15, -0.1) is 0 Å². The Labute approximate surface area is 204 Å². The van der Waals surface area contributed by atoms with Gasteiger partial charge in [0.1, 0.15) is 5.75 Å². The van der Waals surface area contributed by atoms with Crippen molar-refractivity contribution in [3.63, 3.8) is 0 Å². The first kappa shape index (κ1) is 27.7. The largest absolute Gasteiger partial charge is 0.505 e. The summed E-state index contributed by atoms with van der Waals surface area (Å²) in [5.74, 6) is -0.0909. The van der Waals surface area contributed by atoms with Gasteiger partial charge < -0.3 is 16.2 Å². The van der Waals surface area contributed by atoms with Crippen molar-refractivity contribution in [1.29, 1.82) is 0 Å². The van der Waals surface area contributed by atoms with Crippen LogP contribution in [0.2, 0.25) is 0 Å². The lowest BCUT2D eigenvalue weighted by Gasteiger charge is -2.28. The molecule has 1 amide bonds. The number of para-hydroxylation sites is 1. The molecule has 0 bridgehead atoms. The lowest BCUT2D eigenvalue weighted by molar-refractivity contribution is -0.123. The summed E-state index contributed by atoms with van der Waals surface area (Å²) in [5, 5.41) is 14.0. The van der Waals surface area contributed by atoms with E-state index in [0.717, 1.165) is 6.42 Å². The van der Waals surface area contributed by atoms with E-state index in [9.17, 15) is 18.3 Å². The summed E-state index contributed by atoms with van der Waals surface area (Å²) in [6, 6.07) is 12.8. The molecule has 188 valence electrons. The molecule has 7 nitrogen and oxygen atoms in total. The maximum Gasteiger partial charge on any atom is 0.264 e. The second-order valence-corrected chi connectivity index (χ2v) is 11.4. The zero-order valence-electron chi connectivity index (χ0n) is 20.9.